The van der Waals surface area contributed by atoms with Gasteiger partial charge < -0.3 is 15.4 Å². The van der Waals surface area contributed by atoms with Crippen LogP contribution in [0.3, 0.4) is 0 Å². The largest absolute Gasteiger partial charge is 0.454 e. The van der Waals surface area contributed by atoms with Gasteiger partial charge in [-0.2, -0.15) is 0 Å². The first-order valence-electron chi connectivity index (χ1n) is 11.0. The Morgan fingerprint density at radius 2 is 1.97 bits per heavy atom. The van der Waals surface area contributed by atoms with Crippen molar-refractivity contribution >= 4 is 22.4 Å². The number of hydrogen-bond acceptors (Lipinski definition) is 7. The van der Waals surface area contributed by atoms with Crippen LogP contribution < -0.4 is 15.4 Å². The normalized spacial score (nSPS) is 15.5. The molecule has 1 unspecified atom stereocenters. The van der Waals surface area contributed by atoms with E-state index in [2.05, 4.69) is 48.5 Å². The third kappa shape index (κ3) is 5.08. The van der Waals surface area contributed by atoms with Gasteiger partial charge in [0, 0.05) is 29.1 Å². The molecule has 1 fully saturated rings. The van der Waals surface area contributed by atoms with Gasteiger partial charge in [0.2, 0.25) is 0 Å². The fourth-order valence-electron chi connectivity index (χ4n) is 3.84. The zero-order valence-electron chi connectivity index (χ0n) is 18.4. The first-order chi connectivity index (χ1) is 16.2. The Kier molecular flexibility index (Phi) is 6.09. The van der Waals surface area contributed by atoms with Crippen LogP contribution in [0.15, 0.2) is 61.4 Å². The van der Waals surface area contributed by atoms with Crippen LogP contribution in [0.1, 0.15) is 24.0 Å². The highest BCUT2D eigenvalue weighted by atomic mass is 16.5. The summed E-state index contributed by atoms with van der Waals surface area (Å²) in [6.07, 6.45) is 8.65. The van der Waals surface area contributed by atoms with Gasteiger partial charge in [0.15, 0.2) is 5.75 Å². The summed E-state index contributed by atoms with van der Waals surface area (Å²) in [4.78, 5) is 16.9. The summed E-state index contributed by atoms with van der Waals surface area (Å²) < 4.78 is 5.88. The molecule has 164 valence electrons. The van der Waals surface area contributed by atoms with Gasteiger partial charge in [0.05, 0.1) is 17.9 Å². The lowest BCUT2D eigenvalue weighted by Crippen LogP contribution is -2.28. The molecule has 2 aromatic carbocycles. The summed E-state index contributed by atoms with van der Waals surface area (Å²) in [6, 6.07) is 12.0. The van der Waals surface area contributed by atoms with Crippen LogP contribution in [0.4, 0.5) is 11.5 Å². The van der Waals surface area contributed by atoms with Crippen LogP contribution in [-0.2, 0) is 0 Å². The molecule has 2 aromatic heterocycles. The number of hydrogen-bond donors (Lipinski definition) is 2. The van der Waals surface area contributed by atoms with E-state index in [-0.39, 0.29) is 0 Å². The topological polar surface area (TPSA) is 84.9 Å². The van der Waals surface area contributed by atoms with E-state index in [0.29, 0.717) is 11.7 Å². The molecule has 2 N–H and O–H groups in total. The van der Waals surface area contributed by atoms with Gasteiger partial charge in [-0.15, -0.1) is 0 Å². The Labute approximate surface area is 192 Å². The zero-order valence-corrected chi connectivity index (χ0v) is 18.4. The molecule has 1 atom stereocenters. The van der Waals surface area contributed by atoms with Crippen molar-refractivity contribution in [2.24, 2.45) is 5.92 Å². The predicted molar refractivity (Wildman–Crippen MR) is 129 cm³/mol. The maximum atomic E-state index is 5.88. The van der Waals surface area contributed by atoms with Crippen molar-refractivity contribution in [2.45, 2.75) is 19.8 Å². The quantitative estimate of drug-likeness (QED) is 0.452. The smallest absolute Gasteiger partial charge is 0.164 e. The van der Waals surface area contributed by atoms with Crippen molar-refractivity contribution in [1.82, 2.24) is 25.3 Å². The first-order valence-corrected chi connectivity index (χ1v) is 11.0. The number of nitrogens with one attached hydrogen (secondary N) is 2. The summed E-state index contributed by atoms with van der Waals surface area (Å²) in [5.41, 5.74) is 3.73. The van der Waals surface area contributed by atoms with Gasteiger partial charge in [0.1, 0.15) is 24.2 Å². The molecule has 4 aromatic rings. The Morgan fingerprint density at radius 1 is 1.06 bits per heavy atom. The van der Waals surface area contributed by atoms with Crippen LogP contribution in [0.5, 0.6) is 11.5 Å². The van der Waals surface area contributed by atoms with E-state index in [1.165, 1.54) is 12.7 Å². The van der Waals surface area contributed by atoms with Crippen LogP contribution in [-0.4, -0.2) is 33.0 Å². The number of nitrogens with zero attached hydrogens (tertiary/aromatic N) is 4. The number of aromatic nitrogens is 4. The fraction of sp³-hybridized carbons (Fsp3) is 0.231. The second-order valence-electron chi connectivity index (χ2n) is 8.05. The Bertz CT molecular complexity index is 1320. The SMILES string of the molecule is Cc1cc(Nc2ncnc3ccc(C#CC4CCCNC4)cc23)ccc1Oc1cncnc1. The fourth-order valence-corrected chi connectivity index (χ4v) is 3.84. The molecule has 1 saturated heterocycles. The summed E-state index contributed by atoms with van der Waals surface area (Å²) in [7, 11) is 0. The maximum absolute atomic E-state index is 5.88. The molecule has 7 nitrogen and oxygen atoms in total. The minimum atomic E-state index is 0.408. The molecular weight excluding hydrogens is 412 g/mol. The van der Waals surface area contributed by atoms with Gasteiger partial charge in [-0.3, -0.25) is 0 Å². The van der Waals surface area contributed by atoms with E-state index in [1.807, 2.05) is 37.3 Å². The molecule has 5 rings (SSSR count). The molecule has 0 amide bonds. The van der Waals surface area contributed by atoms with Crippen molar-refractivity contribution in [3.63, 3.8) is 0 Å². The lowest BCUT2D eigenvalue weighted by molar-refractivity contribution is 0.449. The molecule has 3 heterocycles. The number of fused-ring (bicyclic) bond motifs is 1. The standard InChI is InChI=1S/C26H24N6O/c1-18-11-21(7-9-25(18)33-22-14-28-16-29-15-22)32-26-23-12-19(6-8-24(23)30-17-31-26)4-5-20-3-2-10-27-13-20/h6-9,11-12,14-17,20,27H,2-3,10,13H2,1H3,(H,30,31,32). The molecule has 0 saturated carbocycles. The number of piperidine rings is 1. The van der Waals surface area contributed by atoms with Crippen LogP contribution in [0, 0.1) is 24.7 Å². The third-order valence-corrected chi connectivity index (χ3v) is 5.56. The van der Waals surface area contributed by atoms with E-state index >= 15 is 0 Å². The van der Waals surface area contributed by atoms with Crippen molar-refractivity contribution in [3.8, 4) is 23.3 Å². The van der Waals surface area contributed by atoms with Crippen LogP contribution >= 0.6 is 0 Å². The third-order valence-electron chi connectivity index (χ3n) is 5.56. The summed E-state index contributed by atoms with van der Waals surface area (Å²) >= 11 is 0. The number of rotatable bonds is 4. The second-order valence-corrected chi connectivity index (χ2v) is 8.05. The zero-order chi connectivity index (χ0) is 22.5. The molecule has 0 aliphatic carbocycles. The number of anilines is 2. The Balaban J connectivity index is 1.38. The van der Waals surface area contributed by atoms with Gasteiger partial charge >= 0.3 is 0 Å². The Hall–Kier alpha value is -4.02. The van der Waals surface area contributed by atoms with Crippen molar-refractivity contribution in [3.05, 3.63) is 72.6 Å². The highest BCUT2D eigenvalue weighted by molar-refractivity contribution is 5.91. The summed E-state index contributed by atoms with van der Waals surface area (Å²) in [5, 5.41) is 7.77. The van der Waals surface area contributed by atoms with E-state index in [4.69, 9.17) is 4.74 Å². The monoisotopic (exact) mass is 436 g/mol. The van der Waals surface area contributed by atoms with Gasteiger partial charge in [0.25, 0.3) is 0 Å². The predicted octanol–water partition coefficient (Wildman–Crippen LogP) is 4.62. The summed E-state index contributed by atoms with van der Waals surface area (Å²) in [5.74, 6) is 9.24. The minimum Gasteiger partial charge on any atom is -0.454 e. The second kappa shape index (κ2) is 9.63. The summed E-state index contributed by atoms with van der Waals surface area (Å²) in [6.45, 7) is 4.05. The van der Waals surface area contributed by atoms with Gasteiger partial charge in [-0.1, -0.05) is 11.8 Å². The van der Waals surface area contributed by atoms with Gasteiger partial charge in [-0.25, -0.2) is 19.9 Å². The molecule has 1 aliphatic rings. The highest BCUT2D eigenvalue weighted by Gasteiger charge is 2.10. The first kappa shape index (κ1) is 20.9. The molecular formula is C26H24N6O. The van der Waals surface area contributed by atoms with E-state index in [0.717, 1.165) is 58.8 Å². The van der Waals surface area contributed by atoms with Gasteiger partial charge in [-0.05, 0) is 68.3 Å². The molecule has 0 radical (unpaired) electrons. The number of aryl methyl sites for hydroxylation is 1. The molecule has 0 bridgehead atoms. The van der Waals surface area contributed by atoms with E-state index in [1.54, 1.807) is 18.7 Å². The highest BCUT2D eigenvalue weighted by Crippen LogP contribution is 2.29. The molecule has 1 aliphatic heterocycles. The van der Waals surface area contributed by atoms with Crippen molar-refractivity contribution < 1.29 is 4.74 Å². The Morgan fingerprint density at radius 3 is 2.79 bits per heavy atom. The lowest BCUT2D eigenvalue weighted by Gasteiger charge is -2.17. The molecule has 33 heavy (non-hydrogen) atoms. The van der Waals surface area contributed by atoms with Crippen LogP contribution in [0.25, 0.3) is 10.9 Å². The van der Waals surface area contributed by atoms with E-state index < -0.39 is 0 Å². The minimum absolute atomic E-state index is 0.408. The van der Waals surface area contributed by atoms with E-state index in [9.17, 15) is 0 Å². The molecule has 0 spiro atoms. The number of ether oxygens (including phenoxy) is 1. The van der Waals surface area contributed by atoms with Crippen molar-refractivity contribution in [2.75, 3.05) is 18.4 Å². The molecule has 7 heteroatoms. The average molecular weight is 437 g/mol. The number of benzene rings is 2. The van der Waals surface area contributed by atoms with Crippen molar-refractivity contribution in [1.29, 1.82) is 0 Å². The average Bonchev–Trinajstić information content (AvgIpc) is 2.86. The maximum Gasteiger partial charge on any atom is 0.164 e. The van der Waals surface area contributed by atoms with Crippen LogP contribution in [0.2, 0.25) is 0 Å². The lowest BCUT2D eigenvalue weighted by atomic mass is 10.00.